The van der Waals surface area contributed by atoms with Crippen molar-refractivity contribution in [3.05, 3.63) is 23.5 Å². The number of terminal acetylenes is 1. The molecule has 1 aromatic heterocycles. The van der Waals surface area contributed by atoms with Crippen molar-refractivity contribution < 1.29 is 9.31 Å². The molecular weight excluding hydrogens is 251 g/mol. The number of rotatable bonds is 2. The van der Waals surface area contributed by atoms with Gasteiger partial charge in [0.2, 0.25) is 0 Å². The van der Waals surface area contributed by atoms with E-state index in [1.165, 1.54) is 0 Å². The first-order valence-electron chi connectivity index (χ1n) is 6.49. The molecule has 0 amide bonds. The normalized spacial score (nSPS) is 19.4. The standard InChI is InChI=1S/C15H17BN2O2/c1-6-7-11-10-18-12(9-17)8-13(11)16-19-14(2,3)15(4,5)20-16/h1,8,10H,7H2,2-5H3. The average Bonchev–Trinajstić information content (AvgIpc) is 2.59. The van der Waals surface area contributed by atoms with Gasteiger partial charge in [-0.05, 0) is 44.8 Å². The lowest BCUT2D eigenvalue weighted by atomic mass is 9.75. The molecule has 1 fully saturated rings. The Morgan fingerprint density at radius 3 is 2.40 bits per heavy atom. The average molecular weight is 268 g/mol. The van der Waals surface area contributed by atoms with Gasteiger partial charge in [-0.15, -0.1) is 12.3 Å². The van der Waals surface area contributed by atoms with Gasteiger partial charge in [-0.2, -0.15) is 5.26 Å². The summed E-state index contributed by atoms with van der Waals surface area (Å²) < 4.78 is 12.0. The van der Waals surface area contributed by atoms with Gasteiger partial charge in [-0.1, -0.05) is 0 Å². The van der Waals surface area contributed by atoms with Crippen LogP contribution in [0.25, 0.3) is 0 Å². The van der Waals surface area contributed by atoms with Crippen LogP contribution in [-0.4, -0.2) is 23.3 Å². The molecule has 0 unspecified atom stereocenters. The van der Waals surface area contributed by atoms with Crippen LogP contribution in [0.15, 0.2) is 12.3 Å². The van der Waals surface area contributed by atoms with Crippen molar-refractivity contribution in [3.63, 3.8) is 0 Å². The van der Waals surface area contributed by atoms with E-state index in [0.717, 1.165) is 11.0 Å². The van der Waals surface area contributed by atoms with Gasteiger partial charge in [-0.25, -0.2) is 4.98 Å². The Kier molecular flexibility index (Phi) is 3.60. The largest absolute Gasteiger partial charge is 0.495 e. The van der Waals surface area contributed by atoms with Gasteiger partial charge in [0.05, 0.1) is 11.2 Å². The number of pyridine rings is 1. The molecule has 1 aliphatic heterocycles. The van der Waals surface area contributed by atoms with Crippen molar-refractivity contribution in [1.29, 1.82) is 5.26 Å². The SMILES string of the molecule is C#CCc1cnc(C#N)cc1B1OC(C)(C)C(C)(C)O1. The van der Waals surface area contributed by atoms with Gasteiger partial charge in [0.25, 0.3) is 0 Å². The molecule has 0 bridgehead atoms. The van der Waals surface area contributed by atoms with Gasteiger partial charge in [0.1, 0.15) is 11.8 Å². The second-order valence-corrected chi connectivity index (χ2v) is 5.85. The Hall–Kier alpha value is -1.82. The van der Waals surface area contributed by atoms with Crippen molar-refractivity contribution in [1.82, 2.24) is 4.98 Å². The summed E-state index contributed by atoms with van der Waals surface area (Å²) in [5.74, 6) is 2.59. The molecule has 0 spiro atoms. The summed E-state index contributed by atoms with van der Waals surface area (Å²) in [7, 11) is -0.529. The van der Waals surface area contributed by atoms with Gasteiger partial charge >= 0.3 is 7.12 Å². The van der Waals surface area contributed by atoms with E-state index >= 15 is 0 Å². The van der Waals surface area contributed by atoms with Crippen LogP contribution < -0.4 is 5.46 Å². The molecule has 0 radical (unpaired) electrons. The fraction of sp³-hybridized carbons (Fsp3) is 0.467. The van der Waals surface area contributed by atoms with Crippen LogP contribution in [0.3, 0.4) is 0 Å². The molecule has 1 aliphatic rings. The maximum absolute atomic E-state index is 9.00. The highest BCUT2D eigenvalue weighted by atomic mass is 16.7. The maximum Gasteiger partial charge on any atom is 0.495 e. The third kappa shape index (κ3) is 2.43. The molecule has 0 aliphatic carbocycles. The molecule has 2 heterocycles. The lowest BCUT2D eigenvalue weighted by Crippen LogP contribution is -2.41. The van der Waals surface area contributed by atoms with Crippen molar-refractivity contribution >= 4 is 12.6 Å². The number of hydrogen-bond donors (Lipinski definition) is 0. The molecule has 0 saturated carbocycles. The third-order valence-corrected chi connectivity index (χ3v) is 3.94. The maximum atomic E-state index is 9.00. The van der Waals surface area contributed by atoms with Crippen LogP contribution in [0.1, 0.15) is 39.0 Å². The molecular formula is C15H17BN2O2. The van der Waals surface area contributed by atoms with Gasteiger partial charge < -0.3 is 9.31 Å². The monoisotopic (exact) mass is 268 g/mol. The van der Waals surface area contributed by atoms with Gasteiger partial charge in [0, 0.05) is 12.6 Å². The highest BCUT2D eigenvalue weighted by Gasteiger charge is 2.52. The first-order valence-corrected chi connectivity index (χ1v) is 6.49. The van der Waals surface area contributed by atoms with Crippen LogP contribution in [0, 0.1) is 23.7 Å². The molecule has 4 nitrogen and oxygen atoms in total. The van der Waals surface area contributed by atoms with E-state index in [4.69, 9.17) is 21.0 Å². The van der Waals surface area contributed by atoms with Crippen molar-refractivity contribution in [3.8, 4) is 18.4 Å². The summed E-state index contributed by atoms with van der Waals surface area (Å²) in [4.78, 5) is 4.05. The number of nitriles is 1. The topological polar surface area (TPSA) is 55.1 Å². The van der Waals surface area contributed by atoms with Crippen molar-refractivity contribution in [2.75, 3.05) is 0 Å². The molecule has 20 heavy (non-hydrogen) atoms. The van der Waals surface area contributed by atoms with E-state index in [0.29, 0.717) is 12.1 Å². The van der Waals surface area contributed by atoms with Crippen molar-refractivity contribution in [2.24, 2.45) is 0 Å². The Bertz CT molecular complexity index is 595. The zero-order valence-corrected chi connectivity index (χ0v) is 12.2. The molecule has 5 heteroatoms. The predicted molar refractivity (Wildman–Crippen MR) is 77.2 cm³/mol. The van der Waals surface area contributed by atoms with Crippen LogP contribution in [0.4, 0.5) is 0 Å². The minimum atomic E-state index is -0.529. The molecule has 1 aromatic rings. The van der Waals surface area contributed by atoms with E-state index in [2.05, 4.69) is 10.9 Å². The number of aromatic nitrogens is 1. The molecule has 0 aromatic carbocycles. The molecule has 0 atom stereocenters. The summed E-state index contributed by atoms with van der Waals surface area (Å²) in [6.07, 6.45) is 7.43. The van der Waals surface area contributed by atoms with Gasteiger partial charge in [0.15, 0.2) is 0 Å². The van der Waals surface area contributed by atoms with Crippen LogP contribution >= 0.6 is 0 Å². The van der Waals surface area contributed by atoms with Crippen LogP contribution in [0.5, 0.6) is 0 Å². The summed E-state index contributed by atoms with van der Waals surface area (Å²) in [5, 5.41) is 9.00. The fourth-order valence-corrected chi connectivity index (χ4v) is 2.01. The zero-order valence-electron chi connectivity index (χ0n) is 12.2. The van der Waals surface area contributed by atoms with E-state index in [1.807, 2.05) is 33.8 Å². The smallest absolute Gasteiger partial charge is 0.399 e. The quantitative estimate of drug-likeness (QED) is 0.601. The summed E-state index contributed by atoms with van der Waals surface area (Å²) >= 11 is 0. The first-order chi connectivity index (χ1) is 9.30. The minimum absolute atomic E-state index is 0.329. The number of nitrogens with zero attached hydrogens (tertiary/aromatic N) is 2. The first kappa shape index (κ1) is 14.6. The zero-order chi connectivity index (χ0) is 15.0. The number of hydrogen-bond acceptors (Lipinski definition) is 4. The summed E-state index contributed by atoms with van der Waals surface area (Å²) in [5.41, 5.74) is 1.11. The van der Waals surface area contributed by atoms with Crippen LogP contribution in [0.2, 0.25) is 0 Å². The lowest BCUT2D eigenvalue weighted by molar-refractivity contribution is 0.00578. The van der Waals surface area contributed by atoms with E-state index in [1.54, 1.807) is 12.3 Å². The predicted octanol–water partition coefficient (Wildman–Crippen LogP) is 1.43. The lowest BCUT2D eigenvalue weighted by Gasteiger charge is -2.32. The molecule has 102 valence electrons. The highest BCUT2D eigenvalue weighted by Crippen LogP contribution is 2.36. The highest BCUT2D eigenvalue weighted by molar-refractivity contribution is 6.62. The molecule has 1 saturated heterocycles. The van der Waals surface area contributed by atoms with E-state index in [-0.39, 0.29) is 0 Å². The Morgan fingerprint density at radius 2 is 1.90 bits per heavy atom. The fourth-order valence-electron chi connectivity index (χ4n) is 2.01. The van der Waals surface area contributed by atoms with E-state index in [9.17, 15) is 0 Å². The second-order valence-electron chi connectivity index (χ2n) is 5.85. The summed E-state index contributed by atoms with van der Waals surface area (Å²) in [6, 6.07) is 3.72. The minimum Gasteiger partial charge on any atom is -0.399 e. The Balaban J connectivity index is 2.43. The third-order valence-electron chi connectivity index (χ3n) is 3.94. The summed E-state index contributed by atoms with van der Waals surface area (Å²) in [6.45, 7) is 7.95. The second kappa shape index (κ2) is 4.94. The van der Waals surface area contributed by atoms with Gasteiger partial charge in [-0.3, -0.25) is 0 Å². The molecule has 2 rings (SSSR count). The Morgan fingerprint density at radius 1 is 1.30 bits per heavy atom. The van der Waals surface area contributed by atoms with E-state index < -0.39 is 18.3 Å². The molecule has 0 N–H and O–H groups in total. The van der Waals surface area contributed by atoms with Crippen molar-refractivity contribution in [2.45, 2.75) is 45.3 Å². The van der Waals surface area contributed by atoms with Crippen LogP contribution in [-0.2, 0) is 15.7 Å². The Labute approximate surface area is 120 Å².